The van der Waals surface area contributed by atoms with Crippen LogP contribution in [0, 0.1) is 0 Å². The molecule has 0 aliphatic carbocycles. The standard InChI is InChI=1S/C11H10Cl2N2/c1-2-3-9-8-5-4-7(12)6-10(8)15-11(13)14-9/h4-6H,2-3H2,1H3. The van der Waals surface area contributed by atoms with E-state index in [9.17, 15) is 0 Å². The van der Waals surface area contributed by atoms with Gasteiger partial charge in [-0.25, -0.2) is 9.97 Å². The van der Waals surface area contributed by atoms with E-state index in [0.717, 1.165) is 29.4 Å². The van der Waals surface area contributed by atoms with Crippen molar-refractivity contribution in [2.75, 3.05) is 0 Å². The molecule has 1 heterocycles. The maximum atomic E-state index is 5.90. The summed E-state index contributed by atoms with van der Waals surface area (Å²) in [5.74, 6) is 0. The van der Waals surface area contributed by atoms with Gasteiger partial charge in [0, 0.05) is 10.4 Å². The van der Waals surface area contributed by atoms with Crippen LogP contribution in [0.15, 0.2) is 18.2 Å². The summed E-state index contributed by atoms with van der Waals surface area (Å²) in [6.07, 6.45) is 1.94. The Morgan fingerprint density at radius 3 is 2.73 bits per heavy atom. The third-order valence-corrected chi connectivity index (χ3v) is 2.60. The Hall–Kier alpha value is -0.860. The number of fused-ring (bicyclic) bond motifs is 1. The van der Waals surface area contributed by atoms with E-state index in [1.165, 1.54) is 0 Å². The zero-order valence-electron chi connectivity index (χ0n) is 8.30. The maximum Gasteiger partial charge on any atom is 0.223 e. The number of rotatable bonds is 2. The van der Waals surface area contributed by atoms with Crippen LogP contribution in [-0.4, -0.2) is 9.97 Å². The van der Waals surface area contributed by atoms with Crippen LogP contribution in [0.25, 0.3) is 10.9 Å². The van der Waals surface area contributed by atoms with Crippen LogP contribution in [0.1, 0.15) is 19.0 Å². The molecule has 0 N–H and O–H groups in total. The molecule has 0 saturated carbocycles. The first-order chi connectivity index (χ1) is 7.20. The highest BCUT2D eigenvalue weighted by atomic mass is 35.5. The second kappa shape index (κ2) is 4.33. The molecule has 0 spiro atoms. The van der Waals surface area contributed by atoms with Crippen molar-refractivity contribution in [3.8, 4) is 0 Å². The van der Waals surface area contributed by atoms with E-state index in [1.807, 2.05) is 18.2 Å². The Labute approximate surface area is 98.3 Å². The minimum Gasteiger partial charge on any atom is -0.222 e. The van der Waals surface area contributed by atoms with Gasteiger partial charge in [0.15, 0.2) is 0 Å². The highest BCUT2D eigenvalue weighted by Gasteiger charge is 2.06. The smallest absolute Gasteiger partial charge is 0.222 e. The number of aryl methyl sites for hydroxylation is 1. The van der Waals surface area contributed by atoms with E-state index < -0.39 is 0 Å². The Morgan fingerprint density at radius 1 is 1.20 bits per heavy atom. The molecule has 0 unspecified atom stereocenters. The summed E-state index contributed by atoms with van der Waals surface area (Å²) in [6.45, 7) is 2.11. The van der Waals surface area contributed by atoms with Gasteiger partial charge in [-0.1, -0.05) is 24.9 Å². The quantitative estimate of drug-likeness (QED) is 0.745. The molecule has 0 atom stereocenters. The summed E-state index contributed by atoms with van der Waals surface area (Å²) in [6, 6.07) is 5.60. The van der Waals surface area contributed by atoms with Crippen molar-refractivity contribution in [3.05, 3.63) is 34.2 Å². The molecule has 0 bridgehead atoms. The molecule has 0 aliphatic heterocycles. The van der Waals surface area contributed by atoms with Gasteiger partial charge in [-0.2, -0.15) is 0 Å². The lowest BCUT2D eigenvalue weighted by atomic mass is 10.1. The molecule has 78 valence electrons. The molecule has 2 nitrogen and oxygen atoms in total. The van der Waals surface area contributed by atoms with E-state index >= 15 is 0 Å². The highest BCUT2D eigenvalue weighted by Crippen LogP contribution is 2.22. The van der Waals surface area contributed by atoms with Crippen molar-refractivity contribution in [2.24, 2.45) is 0 Å². The fraction of sp³-hybridized carbons (Fsp3) is 0.273. The largest absolute Gasteiger partial charge is 0.223 e. The van der Waals surface area contributed by atoms with Gasteiger partial charge in [0.25, 0.3) is 0 Å². The zero-order valence-corrected chi connectivity index (χ0v) is 9.81. The first-order valence-corrected chi connectivity index (χ1v) is 5.58. The number of halogens is 2. The van der Waals surface area contributed by atoms with Crippen LogP contribution >= 0.6 is 23.2 Å². The Bertz CT molecular complexity index is 492. The molecular weight excluding hydrogens is 231 g/mol. The number of aromatic nitrogens is 2. The van der Waals surface area contributed by atoms with Gasteiger partial charge in [0.2, 0.25) is 5.28 Å². The molecule has 0 saturated heterocycles. The van der Waals surface area contributed by atoms with Crippen molar-refractivity contribution in [1.29, 1.82) is 0 Å². The Kier molecular flexibility index (Phi) is 3.08. The molecule has 0 radical (unpaired) electrons. The van der Waals surface area contributed by atoms with Crippen LogP contribution in [0.3, 0.4) is 0 Å². The highest BCUT2D eigenvalue weighted by molar-refractivity contribution is 6.31. The minimum absolute atomic E-state index is 0.285. The molecular formula is C11H10Cl2N2. The molecule has 1 aromatic heterocycles. The summed E-state index contributed by atoms with van der Waals surface area (Å²) in [5.41, 5.74) is 1.80. The normalized spacial score (nSPS) is 10.9. The molecule has 2 aromatic rings. The topological polar surface area (TPSA) is 25.8 Å². The second-order valence-corrected chi connectivity index (χ2v) is 4.13. The third kappa shape index (κ3) is 2.21. The van der Waals surface area contributed by atoms with Gasteiger partial charge in [-0.15, -0.1) is 0 Å². The number of hydrogen-bond donors (Lipinski definition) is 0. The predicted octanol–water partition coefficient (Wildman–Crippen LogP) is 3.89. The number of nitrogens with zero attached hydrogens (tertiary/aromatic N) is 2. The number of hydrogen-bond acceptors (Lipinski definition) is 2. The molecule has 15 heavy (non-hydrogen) atoms. The average Bonchev–Trinajstić information content (AvgIpc) is 2.17. The van der Waals surface area contributed by atoms with Gasteiger partial charge >= 0.3 is 0 Å². The minimum atomic E-state index is 0.285. The van der Waals surface area contributed by atoms with E-state index in [2.05, 4.69) is 16.9 Å². The first kappa shape index (κ1) is 10.7. The van der Waals surface area contributed by atoms with Gasteiger partial charge in [-0.3, -0.25) is 0 Å². The summed E-state index contributed by atoms with van der Waals surface area (Å²) < 4.78 is 0. The fourth-order valence-electron chi connectivity index (χ4n) is 1.56. The Morgan fingerprint density at radius 2 is 2.00 bits per heavy atom. The molecule has 2 rings (SSSR count). The monoisotopic (exact) mass is 240 g/mol. The third-order valence-electron chi connectivity index (χ3n) is 2.20. The summed E-state index contributed by atoms with van der Waals surface area (Å²) in [4.78, 5) is 8.38. The average molecular weight is 241 g/mol. The zero-order chi connectivity index (χ0) is 10.8. The van der Waals surface area contributed by atoms with Crippen molar-refractivity contribution in [2.45, 2.75) is 19.8 Å². The molecule has 0 amide bonds. The SMILES string of the molecule is CCCc1nc(Cl)nc2cc(Cl)ccc12. The van der Waals surface area contributed by atoms with Crippen molar-refractivity contribution >= 4 is 34.1 Å². The van der Waals surface area contributed by atoms with E-state index in [1.54, 1.807) is 0 Å². The second-order valence-electron chi connectivity index (χ2n) is 3.35. The van der Waals surface area contributed by atoms with Crippen LogP contribution < -0.4 is 0 Å². The molecule has 0 fully saturated rings. The lowest BCUT2D eigenvalue weighted by molar-refractivity contribution is 0.887. The lowest BCUT2D eigenvalue weighted by Crippen LogP contribution is -1.94. The van der Waals surface area contributed by atoms with E-state index in [0.29, 0.717) is 5.02 Å². The lowest BCUT2D eigenvalue weighted by Gasteiger charge is -2.04. The summed E-state index contributed by atoms with van der Waals surface area (Å²) in [7, 11) is 0. The van der Waals surface area contributed by atoms with Crippen molar-refractivity contribution in [1.82, 2.24) is 9.97 Å². The van der Waals surface area contributed by atoms with Gasteiger partial charge in [-0.05, 0) is 36.2 Å². The van der Waals surface area contributed by atoms with Gasteiger partial charge in [0.1, 0.15) is 0 Å². The Balaban J connectivity index is 2.68. The maximum absolute atomic E-state index is 5.90. The van der Waals surface area contributed by atoms with Crippen LogP contribution in [0.5, 0.6) is 0 Å². The summed E-state index contributed by atoms with van der Waals surface area (Å²) >= 11 is 11.7. The van der Waals surface area contributed by atoms with Crippen molar-refractivity contribution in [3.63, 3.8) is 0 Å². The fourth-order valence-corrected chi connectivity index (χ4v) is 1.92. The van der Waals surface area contributed by atoms with Crippen LogP contribution in [0.4, 0.5) is 0 Å². The first-order valence-electron chi connectivity index (χ1n) is 4.82. The number of benzene rings is 1. The molecule has 0 aliphatic rings. The van der Waals surface area contributed by atoms with E-state index in [4.69, 9.17) is 23.2 Å². The predicted molar refractivity (Wildman–Crippen MR) is 63.6 cm³/mol. The van der Waals surface area contributed by atoms with Crippen molar-refractivity contribution < 1.29 is 0 Å². The van der Waals surface area contributed by atoms with Crippen LogP contribution in [-0.2, 0) is 6.42 Å². The molecule has 4 heteroatoms. The van der Waals surface area contributed by atoms with Gasteiger partial charge in [0.05, 0.1) is 11.2 Å². The van der Waals surface area contributed by atoms with Crippen LogP contribution in [0.2, 0.25) is 10.3 Å². The molecule has 1 aromatic carbocycles. The van der Waals surface area contributed by atoms with Gasteiger partial charge < -0.3 is 0 Å². The summed E-state index contributed by atoms with van der Waals surface area (Å²) in [5, 5.41) is 1.98. The van der Waals surface area contributed by atoms with E-state index in [-0.39, 0.29) is 5.28 Å².